The summed E-state index contributed by atoms with van der Waals surface area (Å²) in [5.74, 6) is -0.0491. The van der Waals surface area contributed by atoms with E-state index in [4.69, 9.17) is 0 Å². The van der Waals surface area contributed by atoms with Crippen LogP contribution in [-0.4, -0.2) is 32.0 Å². The molecule has 142 valence electrons. The number of halogens is 3. The van der Waals surface area contributed by atoms with E-state index in [0.717, 1.165) is 31.0 Å². The summed E-state index contributed by atoms with van der Waals surface area (Å²) >= 11 is 0. The van der Waals surface area contributed by atoms with Crippen LogP contribution in [0.5, 0.6) is 0 Å². The number of carbonyl (C=O) groups excluding carboxylic acids is 1. The van der Waals surface area contributed by atoms with Crippen molar-refractivity contribution in [3.63, 3.8) is 0 Å². The third-order valence-electron chi connectivity index (χ3n) is 4.45. The molecule has 1 N–H and O–H groups in total. The Balaban J connectivity index is 1.45. The molecule has 2 heterocycles. The van der Waals surface area contributed by atoms with Gasteiger partial charge in [0.15, 0.2) is 5.69 Å². The highest BCUT2D eigenvalue weighted by Gasteiger charge is 2.37. The Kier molecular flexibility index (Phi) is 5.33. The van der Waals surface area contributed by atoms with Crippen molar-refractivity contribution in [2.24, 2.45) is 0 Å². The van der Waals surface area contributed by atoms with Crippen LogP contribution in [0, 0.1) is 6.92 Å². The molecule has 0 saturated heterocycles. The number of amides is 1. The fourth-order valence-electron chi connectivity index (χ4n) is 2.84. The van der Waals surface area contributed by atoms with Crippen LogP contribution in [0.4, 0.5) is 13.2 Å². The Labute approximate surface area is 149 Å². The molecule has 1 aliphatic carbocycles. The minimum atomic E-state index is -4.46. The van der Waals surface area contributed by atoms with Gasteiger partial charge in [-0.2, -0.15) is 23.4 Å². The van der Waals surface area contributed by atoms with Crippen LogP contribution in [0.15, 0.2) is 18.3 Å². The molecule has 0 atom stereocenters. The molecule has 0 unspecified atom stereocenters. The smallest absolute Gasteiger partial charge is 0.356 e. The molecule has 0 aliphatic heterocycles. The van der Waals surface area contributed by atoms with E-state index in [1.54, 1.807) is 6.20 Å². The van der Waals surface area contributed by atoms with Gasteiger partial charge in [0.25, 0.3) is 0 Å². The van der Waals surface area contributed by atoms with Gasteiger partial charge in [-0.25, -0.2) is 0 Å². The van der Waals surface area contributed by atoms with Crippen LogP contribution in [-0.2, 0) is 24.1 Å². The van der Waals surface area contributed by atoms with E-state index in [9.17, 15) is 18.0 Å². The fourth-order valence-corrected chi connectivity index (χ4v) is 2.84. The number of hydrogen-bond donors (Lipinski definition) is 1. The lowest BCUT2D eigenvalue weighted by atomic mass is 10.2. The quantitative estimate of drug-likeness (QED) is 0.728. The lowest BCUT2D eigenvalue weighted by Crippen LogP contribution is -2.26. The SMILES string of the molecule is Cc1ccnn1CCCNC(=O)CCn1nc(C(F)(F)F)cc1C1CC1. The van der Waals surface area contributed by atoms with Gasteiger partial charge in [0.05, 0.1) is 0 Å². The van der Waals surface area contributed by atoms with Crippen LogP contribution < -0.4 is 5.32 Å². The van der Waals surface area contributed by atoms with E-state index in [2.05, 4.69) is 15.5 Å². The van der Waals surface area contributed by atoms with Crippen LogP contribution in [0.2, 0.25) is 0 Å². The predicted molar refractivity (Wildman–Crippen MR) is 88.4 cm³/mol. The lowest BCUT2D eigenvalue weighted by Gasteiger charge is -2.08. The van der Waals surface area contributed by atoms with Gasteiger partial charge >= 0.3 is 6.18 Å². The van der Waals surface area contributed by atoms with Gasteiger partial charge in [-0.3, -0.25) is 14.2 Å². The van der Waals surface area contributed by atoms with Crippen molar-refractivity contribution in [1.29, 1.82) is 0 Å². The van der Waals surface area contributed by atoms with E-state index in [1.807, 2.05) is 17.7 Å². The van der Waals surface area contributed by atoms with Crippen molar-refractivity contribution in [1.82, 2.24) is 24.9 Å². The Bertz CT molecular complexity index is 761. The summed E-state index contributed by atoms with van der Waals surface area (Å²) in [7, 11) is 0. The van der Waals surface area contributed by atoms with Gasteiger partial charge in [0.1, 0.15) is 0 Å². The number of aryl methyl sites for hydroxylation is 3. The molecule has 6 nitrogen and oxygen atoms in total. The number of aromatic nitrogens is 4. The Morgan fingerprint density at radius 3 is 2.69 bits per heavy atom. The first-order valence-electron chi connectivity index (χ1n) is 8.74. The van der Waals surface area contributed by atoms with E-state index in [1.165, 1.54) is 4.68 Å². The first-order chi connectivity index (χ1) is 12.3. The highest BCUT2D eigenvalue weighted by Crippen LogP contribution is 2.42. The molecule has 1 saturated carbocycles. The summed E-state index contributed by atoms with van der Waals surface area (Å²) in [6.45, 7) is 3.33. The van der Waals surface area contributed by atoms with Crippen molar-refractivity contribution >= 4 is 5.91 Å². The minimum Gasteiger partial charge on any atom is -0.356 e. The maximum Gasteiger partial charge on any atom is 0.435 e. The molecule has 1 fully saturated rings. The van der Waals surface area contributed by atoms with Crippen molar-refractivity contribution < 1.29 is 18.0 Å². The van der Waals surface area contributed by atoms with Crippen LogP contribution >= 0.6 is 0 Å². The zero-order valence-electron chi connectivity index (χ0n) is 14.6. The highest BCUT2D eigenvalue weighted by molar-refractivity contribution is 5.75. The maximum absolute atomic E-state index is 12.9. The molecule has 0 radical (unpaired) electrons. The Morgan fingerprint density at radius 2 is 2.08 bits per heavy atom. The van der Waals surface area contributed by atoms with Crippen LogP contribution in [0.3, 0.4) is 0 Å². The van der Waals surface area contributed by atoms with Gasteiger partial charge in [0, 0.05) is 49.6 Å². The third-order valence-corrected chi connectivity index (χ3v) is 4.45. The summed E-state index contributed by atoms with van der Waals surface area (Å²) < 4.78 is 41.8. The Hall–Kier alpha value is -2.32. The molecule has 2 aromatic rings. The summed E-state index contributed by atoms with van der Waals surface area (Å²) in [6.07, 6.45) is -0.127. The molecule has 1 amide bonds. The normalized spacial score (nSPS) is 14.6. The standard InChI is InChI=1S/C17H22F3N5O/c1-12-5-8-22-24(12)9-2-7-21-16(26)6-10-25-14(13-3-4-13)11-15(23-25)17(18,19)20/h5,8,11,13H,2-4,6-7,9-10H2,1H3,(H,21,26). The average molecular weight is 369 g/mol. The second-order valence-electron chi connectivity index (χ2n) is 6.60. The molecule has 3 rings (SSSR count). The largest absolute Gasteiger partial charge is 0.435 e. The zero-order chi connectivity index (χ0) is 18.7. The monoisotopic (exact) mass is 369 g/mol. The molecule has 0 spiro atoms. The molecular formula is C17H22F3N5O. The van der Waals surface area contributed by atoms with Crippen LogP contribution in [0.1, 0.15) is 48.7 Å². The number of nitrogens with one attached hydrogen (secondary N) is 1. The van der Waals surface area contributed by atoms with E-state index >= 15 is 0 Å². The Morgan fingerprint density at radius 1 is 1.31 bits per heavy atom. The van der Waals surface area contributed by atoms with Crippen LogP contribution in [0.25, 0.3) is 0 Å². The van der Waals surface area contributed by atoms with Gasteiger partial charge in [-0.05, 0) is 38.3 Å². The summed E-state index contributed by atoms with van der Waals surface area (Å²) in [4.78, 5) is 11.9. The third kappa shape index (κ3) is 4.64. The van der Waals surface area contributed by atoms with E-state index < -0.39 is 11.9 Å². The highest BCUT2D eigenvalue weighted by atomic mass is 19.4. The van der Waals surface area contributed by atoms with Crippen molar-refractivity contribution in [2.45, 2.75) is 57.8 Å². The van der Waals surface area contributed by atoms with Crippen molar-refractivity contribution in [2.75, 3.05) is 6.54 Å². The first-order valence-corrected chi connectivity index (χ1v) is 8.74. The second kappa shape index (κ2) is 7.51. The topological polar surface area (TPSA) is 64.7 Å². The number of rotatable bonds is 8. The molecular weight excluding hydrogens is 347 g/mol. The minimum absolute atomic E-state index is 0.111. The van der Waals surface area contributed by atoms with Crippen molar-refractivity contribution in [3.8, 4) is 0 Å². The van der Waals surface area contributed by atoms with Gasteiger partial charge in [-0.15, -0.1) is 0 Å². The molecule has 9 heteroatoms. The summed E-state index contributed by atoms with van der Waals surface area (Å²) in [5, 5.41) is 10.6. The maximum atomic E-state index is 12.9. The molecule has 26 heavy (non-hydrogen) atoms. The number of carbonyl (C=O) groups is 1. The second-order valence-corrected chi connectivity index (χ2v) is 6.60. The van der Waals surface area contributed by atoms with E-state index in [0.29, 0.717) is 18.8 Å². The van der Waals surface area contributed by atoms with Gasteiger partial charge in [-0.1, -0.05) is 0 Å². The molecule has 0 bridgehead atoms. The zero-order valence-corrected chi connectivity index (χ0v) is 14.6. The first kappa shape index (κ1) is 18.5. The lowest BCUT2D eigenvalue weighted by molar-refractivity contribution is -0.141. The molecule has 0 aromatic carbocycles. The van der Waals surface area contributed by atoms with Gasteiger partial charge < -0.3 is 5.32 Å². The number of alkyl halides is 3. The van der Waals surface area contributed by atoms with Gasteiger partial charge in [0.2, 0.25) is 5.91 Å². The molecule has 2 aromatic heterocycles. The summed E-state index contributed by atoms with van der Waals surface area (Å²) in [6, 6.07) is 3.03. The average Bonchev–Trinajstić information content (AvgIpc) is 3.19. The van der Waals surface area contributed by atoms with E-state index in [-0.39, 0.29) is 24.8 Å². The molecule has 1 aliphatic rings. The fraction of sp³-hybridized carbons (Fsp3) is 0.588. The summed E-state index contributed by atoms with van der Waals surface area (Å²) in [5.41, 5.74) is 0.761. The van der Waals surface area contributed by atoms with Crippen molar-refractivity contribution in [3.05, 3.63) is 35.4 Å². The number of hydrogen-bond acceptors (Lipinski definition) is 3. The predicted octanol–water partition coefficient (Wildman–Crippen LogP) is 2.88. The number of nitrogens with zero attached hydrogens (tertiary/aromatic N) is 4.